The van der Waals surface area contributed by atoms with E-state index >= 15 is 0 Å². The van der Waals surface area contributed by atoms with Gasteiger partial charge in [0.15, 0.2) is 0 Å². The van der Waals surface area contributed by atoms with Crippen LogP contribution in [0.3, 0.4) is 0 Å². The minimum absolute atomic E-state index is 0.137. The summed E-state index contributed by atoms with van der Waals surface area (Å²) < 4.78 is 25.7. The Kier molecular flexibility index (Phi) is 4.73. The third-order valence-electron chi connectivity index (χ3n) is 2.89. The molecule has 0 amide bonds. The quantitative estimate of drug-likeness (QED) is 0.734. The van der Waals surface area contributed by atoms with Gasteiger partial charge in [-0.25, -0.2) is 13.1 Å². The van der Waals surface area contributed by atoms with Gasteiger partial charge in [-0.05, 0) is 25.7 Å². The highest BCUT2D eigenvalue weighted by Gasteiger charge is 2.31. The van der Waals surface area contributed by atoms with Crippen molar-refractivity contribution < 1.29 is 18.3 Å². The third-order valence-corrected chi connectivity index (χ3v) is 4.41. The Morgan fingerprint density at radius 3 is 2.62 bits per heavy atom. The van der Waals surface area contributed by atoms with Crippen molar-refractivity contribution in [1.29, 1.82) is 0 Å². The molecule has 0 spiro atoms. The molecule has 1 aliphatic rings. The Labute approximate surface area is 96.3 Å². The SMILES string of the molecule is CCCCS(=O)(=O)NC1CCC(C(=O)O)C1. The first-order valence-corrected chi connectivity index (χ1v) is 7.32. The van der Waals surface area contributed by atoms with Gasteiger partial charge in [-0.15, -0.1) is 0 Å². The van der Waals surface area contributed by atoms with Crippen LogP contribution in [0.25, 0.3) is 0 Å². The van der Waals surface area contributed by atoms with Gasteiger partial charge in [0.25, 0.3) is 0 Å². The molecule has 0 saturated heterocycles. The van der Waals surface area contributed by atoms with Crippen LogP contribution < -0.4 is 4.72 Å². The lowest BCUT2D eigenvalue weighted by atomic mass is 10.1. The summed E-state index contributed by atoms with van der Waals surface area (Å²) >= 11 is 0. The molecule has 0 aromatic heterocycles. The molecular weight excluding hydrogens is 230 g/mol. The number of carboxylic acid groups (broad SMARTS) is 1. The first-order chi connectivity index (χ1) is 7.44. The lowest BCUT2D eigenvalue weighted by molar-refractivity contribution is -0.141. The molecule has 1 rings (SSSR count). The fraction of sp³-hybridized carbons (Fsp3) is 0.900. The monoisotopic (exact) mass is 249 g/mol. The Balaban J connectivity index is 2.41. The molecule has 2 N–H and O–H groups in total. The highest BCUT2D eigenvalue weighted by atomic mass is 32.2. The van der Waals surface area contributed by atoms with Crippen LogP contribution in [0.15, 0.2) is 0 Å². The van der Waals surface area contributed by atoms with Gasteiger partial charge in [-0.1, -0.05) is 13.3 Å². The first kappa shape index (κ1) is 13.4. The summed E-state index contributed by atoms with van der Waals surface area (Å²) in [7, 11) is -3.22. The lowest BCUT2D eigenvalue weighted by Gasteiger charge is -2.12. The zero-order valence-electron chi connectivity index (χ0n) is 9.48. The number of sulfonamides is 1. The van der Waals surface area contributed by atoms with E-state index in [1.54, 1.807) is 0 Å². The summed E-state index contributed by atoms with van der Waals surface area (Å²) in [6.45, 7) is 1.94. The third kappa shape index (κ3) is 4.09. The van der Waals surface area contributed by atoms with Crippen LogP contribution in [-0.4, -0.2) is 31.3 Å². The Morgan fingerprint density at radius 1 is 1.44 bits per heavy atom. The number of aliphatic carboxylic acids is 1. The molecule has 94 valence electrons. The average Bonchev–Trinajstić information content (AvgIpc) is 2.62. The van der Waals surface area contributed by atoms with E-state index < -0.39 is 16.0 Å². The van der Waals surface area contributed by atoms with Crippen LogP contribution in [0.2, 0.25) is 0 Å². The maximum Gasteiger partial charge on any atom is 0.306 e. The number of hydrogen-bond donors (Lipinski definition) is 2. The van der Waals surface area contributed by atoms with Gasteiger partial charge in [0.1, 0.15) is 0 Å². The molecule has 2 unspecified atom stereocenters. The maximum atomic E-state index is 11.6. The van der Waals surface area contributed by atoms with Crippen LogP contribution in [-0.2, 0) is 14.8 Å². The van der Waals surface area contributed by atoms with E-state index in [-0.39, 0.29) is 17.7 Å². The van der Waals surface area contributed by atoms with Crippen molar-refractivity contribution in [3.63, 3.8) is 0 Å². The summed E-state index contributed by atoms with van der Waals surface area (Å²) in [4.78, 5) is 10.7. The Morgan fingerprint density at radius 2 is 2.12 bits per heavy atom. The largest absolute Gasteiger partial charge is 0.481 e. The average molecular weight is 249 g/mol. The molecule has 0 aromatic rings. The van der Waals surface area contributed by atoms with E-state index in [1.807, 2.05) is 6.92 Å². The van der Waals surface area contributed by atoms with Crippen LogP contribution >= 0.6 is 0 Å². The second-order valence-corrected chi connectivity index (χ2v) is 6.21. The van der Waals surface area contributed by atoms with Crippen molar-refractivity contribution in [2.45, 2.75) is 45.1 Å². The number of nitrogens with one attached hydrogen (secondary N) is 1. The Hall–Kier alpha value is -0.620. The van der Waals surface area contributed by atoms with E-state index in [2.05, 4.69) is 4.72 Å². The van der Waals surface area contributed by atoms with Gasteiger partial charge in [-0.3, -0.25) is 4.79 Å². The Bertz CT molecular complexity index is 339. The molecule has 6 heteroatoms. The predicted octanol–water partition coefficient (Wildman–Crippen LogP) is 0.959. The number of unbranched alkanes of at least 4 members (excludes halogenated alkanes) is 1. The van der Waals surface area contributed by atoms with Crippen LogP contribution in [0, 0.1) is 5.92 Å². The van der Waals surface area contributed by atoms with Crippen molar-refractivity contribution in [1.82, 2.24) is 4.72 Å². The number of carbonyl (C=O) groups is 1. The molecule has 0 radical (unpaired) electrons. The van der Waals surface area contributed by atoms with Crippen molar-refractivity contribution in [3.8, 4) is 0 Å². The van der Waals surface area contributed by atoms with E-state index in [1.165, 1.54) is 0 Å². The number of carboxylic acids is 1. The normalized spacial score (nSPS) is 25.8. The van der Waals surface area contributed by atoms with Crippen LogP contribution in [0.1, 0.15) is 39.0 Å². The van der Waals surface area contributed by atoms with E-state index in [9.17, 15) is 13.2 Å². The molecule has 0 bridgehead atoms. The summed E-state index contributed by atoms with van der Waals surface area (Å²) in [5.74, 6) is -1.08. The minimum atomic E-state index is -3.22. The summed E-state index contributed by atoms with van der Waals surface area (Å²) in [6.07, 6.45) is 3.09. The molecule has 1 saturated carbocycles. The van der Waals surface area contributed by atoms with Gasteiger partial charge < -0.3 is 5.11 Å². The summed E-state index contributed by atoms with van der Waals surface area (Å²) in [5.41, 5.74) is 0. The highest BCUT2D eigenvalue weighted by Crippen LogP contribution is 2.26. The van der Waals surface area contributed by atoms with Gasteiger partial charge >= 0.3 is 5.97 Å². The molecule has 5 nitrogen and oxygen atoms in total. The fourth-order valence-corrected chi connectivity index (χ4v) is 3.47. The van der Waals surface area contributed by atoms with E-state index in [0.29, 0.717) is 25.7 Å². The van der Waals surface area contributed by atoms with Gasteiger partial charge in [0.05, 0.1) is 11.7 Å². The highest BCUT2D eigenvalue weighted by molar-refractivity contribution is 7.89. The zero-order valence-corrected chi connectivity index (χ0v) is 10.3. The van der Waals surface area contributed by atoms with E-state index in [4.69, 9.17) is 5.11 Å². The number of rotatable bonds is 6. The topological polar surface area (TPSA) is 83.5 Å². The van der Waals surface area contributed by atoms with E-state index in [0.717, 1.165) is 6.42 Å². The smallest absolute Gasteiger partial charge is 0.306 e. The van der Waals surface area contributed by atoms with Crippen molar-refractivity contribution >= 4 is 16.0 Å². The molecular formula is C10H19NO4S. The molecule has 1 aliphatic carbocycles. The van der Waals surface area contributed by atoms with Gasteiger partial charge in [0, 0.05) is 6.04 Å². The standard InChI is InChI=1S/C10H19NO4S/c1-2-3-6-16(14,15)11-9-5-4-8(7-9)10(12)13/h8-9,11H,2-7H2,1H3,(H,12,13). The second-order valence-electron chi connectivity index (χ2n) is 4.34. The molecule has 0 aromatic carbocycles. The minimum Gasteiger partial charge on any atom is -0.481 e. The predicted molar refractivity (Wildman–Crippen MR) is 60.6 cm³/mol. The van der Waals surface area contributed by atoms with Crippen LogP contribution in [0.4, 0.5) is 0 Å². The van der Waals surface area contributed by atoms with Crippen molar-refractivity contribution in [2.75, 3.05) is 5.75 Å². The van der Waals surface area contributed by atoms with Crippen molar-refractivity contribution in [3.05, 3.63) is 0 Å². The fourth-order valence-electron chi connectivity index (χ4n) is 1.96. The summed E-state index contributed by atoms with van der Waals surface area (Å²) in [6, 6.07) is -0.192. The molecule has 0 aliphatic heterocycles. The van der Waals surface area contributed by atoms with Gasteiger partial charge in [0.2, 0.25) is 10.0 Å². The van der Waals surface area contributed by atoms with Crippen LogP contribution in [0.5, 0.6) is 0 Å². The lowest BCUT2D eigenvalue weighted by Crippen LogP contribution is -2.35. The maximum absolute atomic E-state index is 11.6. The second kappa shape index (κ2) is 5.63. The molecule has 16 heavy (non-hydrogen) atoms. The van der Waals surface area contributed by atoms with Gasteiger partial charge in [-0.2, -0.15) is 0 Å². The summed E-state index contributed by atoms with van der Waals surface area (Å²) in [5, 5.41) is 8.79. The molecule has 2 atom stereocenters. The zero-order chi connectivity index (χ0) is 12.2. The number of hydrogen-bond acceptors (Lipinski definition) is 3. The molecule has 0 heterocycles. The molecule has 1 fully saturated rings. The first-order valence-electron chi connectivity index (χ1n) is 5.67. The van der Waals surface area contributed by atoms with Crippen molar-refractivity contribution in [2.24, 2.45) is 5.92 Å².